The molecule has 3 heterocycles. The molecule has 156 valence electrons. The van der Waals surface area contributed by atoms with Crippen molar-refractivity contribution in [3.05, 3.63) is 66.0 Å². The summed E-state index contributed by atoms with van der Waals surface area (Å²) >= 11 is 0. The van der Waals surface area contributed by atoms with E-state index >= 15 is 0 Å². The van der Waals surface area contributed by atoms with Crippen LogP contribution in [0.25, 0.3) is 0 Å². The number of methoxy groups -OCH3 is 1. The van der Waals surface area contributed by atoms with Gasteiger partial charge in [0.1, 0.15) is 17.4 Å². The number of pyridine rings is 1. The fraction of sp³-hybridized carbons (Fsp3) is 0.250. The lowest BCUT2D eigenvalue weighted by atomic mass is 9.97. The van der Waals surface area contributed by atoms with E-state index in [1.165, 1.54) is 19.4 Å². The van der Waals surface area contributed by atoms with E-state index in [1.807, 2.05) is 0 Å². The molecule has 1 aromatic carbocycles. The summed E-state index contributed by atoms with van der Waals surface area (Å²) in [5.41, 5.74) is 0.546. The molecule has 1 aliphatic heterocycles. The summed E-state index contributed by atoms with van der Waals surface area (Å²) < 4.78 is 47.2. The number of alkyl halides is 3. The number of ether oxygens (including phenoxy) is 1. The second kappa shape index (κ2) is 7.69. The molecule has 1 aliphatic rings. The van der Waals surface area contributed by atoms with Gasteiger partial charge in [0.2, 0.25) is 0 Å². The third-order valence-corrected chi connectivity index (χ3v) is 4.85. The highest BCUT2D eigenvalue weighted by Gasteiger charge is 2.46. The Morgan fingerprint density at radius 2 is 2.00 bits per heavy atom. The van der Waals surface area contributed by atoms with E-state index in [4.69, 9.17) is 4.74 Å². The molecule has 3 aromatic rings. The van der Waals surface area contributed by atoms with Crippen LogP contribution < -0.4 is 15.4 Å². The van der Waals surface area contributed by atoms with E-state index in [2.05, 4.69) is 20.7 Å². The summed E-state index contributed by atoms with van der Waals surface area (Å²) in [6.07, 6.45) is -3.29. The molecule has 4 rings (SSSR count). The molecule has 0 fully saturated rings. The Kier molecular flexibility index (Phi) is 5.06. The van der Waals surface area contributed by atoms with Gasteiger partial charge in [0.05, 0.1) is 13.2 Å². The highest BCUT2D eigenvalue weighted by atomic mass is 19.4. The predicted octanol–water partition coefficient (Wildman–Crippen LogP) is 4.20. The molecule has 0 saturated carbocycles. The molecular formula is C20H18F3N5O2. The van der Waals surface area contributed by atoms with Crippen molar-refractivity contribution in [3.63, 3.8) is 0 Å². The number of nitrogens with one attached hydrogen (secondary N) is 2. The van der Waals surface area contributed by atoms with Crippen LogP contribution in [0, 0.1) is 0 Å². The Morgan fingerprint density at radius 1 is 1.23 bits per heavy atom. The number of hydrogen-bond acceptors (Lipinski definition) is 5. The summed E-state index contributed by atoms with van der Waals surface area (Å²) in [4.78, 5) is 16.4. The number of hydrogen-bond donors (Lipinski definition) is 2. The first-order valence-electron chi connectivity index (χ1n) is 9.14. The molecule has 10 heteroatoms. The van der Waals surface area contributed by atoms with Gasteiger partial charge in [0.25, 0.3) is 5.91 Å². The lowest BCUT2D eigenvalue weighted by Gasteiger charge is -2.33. The molecule has 2 unspecified atom stereocenters. The van der Waals surface area contributed by atoms with Gasteiger partial charge in [-0.1, -0.05) is 18.2 Å². The molecule has 1 amide bonds. The fourth-order valence-electron chi connectivity index (χ4n) is 3.36. The van der Waals surface area contributed by atoms with Gasteiger partial charge in [0.15, 0.2) is 11.7 Å². The smallest absolute Gasteiger partial charge is 0.410 e. The Bertz CT molecular complexity index is 1030. The van der Waals surface area contributed by atoms with Crippen LogP contribution in [-0.2, 0) is 0 Å². The van der Waals surface area contributed by atoms with Crippen LogP contribution in [0.3, 0.4) is 0 Å². The minimum atomic E-state index is -4.53. The van der Waals surface area contributed by atoms with E-state index in [0.29, 0.717) is 11.3 Å². The van der Waals surface area contributed by atoms with Crippen LogP contribution in [0.2, 0.25) is 0 Å². The molecule has 0 bridgehead atoms. The first kappa shape index (κ1) is 19.7. The third-order valence-electron chi connectivity index (χ3n) is 4.85. The molecule has 30 heavy (non-hydrogen) atoms. The molecule has 0 radical (unpaired) electrons. The maximum Gasteiger partial charge on any atom is 0.410 e. The zero-order valence-corrected chi connectivity index (χ0v) is 15.8. The van der Waals surface area contributed by atoms with E-state index in [-0.39, 0.29) is 23.8 Å². The lowest BCUT2D eigenvalue weighted by Crippen LogP contribution is -2.35. The van der Waals surface area contributed by atoms with Gasteiger partial charge in [-0.15, -0.1) is 0 Å². The van der Waals surface area contributed by atoms with Crippen LogP contribution in [0.4, 0.5) is 24.8 Å². The van der Waals surface area contributed by atoms with Crippen molar-refractivity contribution in [2.45, 2.75) is 24.7 Å². The van der Waals surface area contributed by atoms with Crippen molar-refractivity contribution in [2.75, 3.05) is 17.7 Å². The Balaban J connectivity index is 1.63. The number of fused-ring (bicyclic) bond motifs is 1. The van der Waals surface area contributed by atoms with Gasteiger partial charge in [0, 0.05) is 18.7 Å². The number of carbonyl (C=O) groups excluding carboxylic acids is 1. The highest BCUT2D eigenvalue weighted by molar-refractivity contribution is 6.02. The lowest BCUT2D eigenvalue weighted by molar-refractivity contribution is -0.173. The van der Waals surface area contributed by atoms with Gasteiger partial charge in [-0.05, 0) is 29.8 Å². The fourth-order valence-corrected chi connectivity index (χ4v) is 3.36. The minimum Gasteiger partial charge on any atom is -0.497 e. The third kappa shape index (κ3) is 3.93. The molecule has 2 N–H and O–H groups in total. The van der Waals surface area contributed by atoms with Crippen LogP contribution in [0.1, 0.15) is 34.6 Å². The maximum absolute atomic E-state index is 13.8. The normalized spacial score (nSPS) is 18.3. The SMILES string of the molecule is COc1ccc(C2CC(C(F)(F)F)n3nc(C(=O)Nc4ccccn4)cc3N2)cc1. The van der Waals surface area contributed by atoms with Crippen LogP contribution in [-0.4, -0.2) is 34.0 Å². The zero-order chi connectivity index (χ0) is 21.3. The molecule has 2 atom stereocenters. The number of amides is 1. The van der Waals surface area contributed by atoms with E-state index in [9.17, 15) is 18.0 Å². The second-order valence-electron chi connectivity index (χ2n) is 6.79. The van der Waals surface area contributed by atoms with Gasteiger partial charge in [-0.25, -0.2) is 9.67 Å². The summed E-state index contributed by atoms with van der Waals surface area (Å²) in [6, 6.07) is 10.6. The number of carbonyl (C=O) groups is 1. The quantitative estimate of drug-likeness (QED) is 0.665. The summed E-state index contributed by atoms with van der Waals surface area (Å²) in [5, 5.41) is 9.51. The number of benzene rings is 1. The monoisotopic (exact) mass is 417 g/mol. The Hall–Kier alpha value is -3.56. The van der Waals surface area contributed by atoms with Crippen LogP contribution in [0.5, 0.6) is 5.75 Å². The second-order valence-corrected chi connectivity index (χ2v) is 6.79. The van der Waals surface area contributed by atoms with Gasteiger partial charge in [-0.2, -0.15) is 18.3 Å². The van der Waals surface area contributed by atoms with Crippen molar-refractivity contribution < 1.29 is 22.7 Å². The first-order chi connectivity index (χ1) is 14.3. The van der Waals surface area contributed by atoms with Crippen molar-refractivity contribution >= 4 is 17.5 Å². The number of rotatable bonds is 4. The van der Waals surface area contributed by atoms with Crippen molar-refractivity contribution in [1.82, 2.24) is 14.8 Å². The molecule has 0 saturated heterocycles. The van der Waals surface area contributed by atoms with Crippen molar-refractivity contribution in [3.8, 4) is 5.75 Å². The maximum atomic E-state index is 13.8. The van der Waals surface area contributed by atoms with Crippen LogP contribution >= 0.6 is 0 Å². The van der Waals surface area contributed by atoms with Gasteiger partial charge in [-0.3, -0.25) is 4.79 Å². The van der Waals surface area contributed by atoms with E-state index in [1.54, 1.807) is 42.5 Å². The number of aromatic nitrogens is 3. The summed E-state index contributed by atoms with van der Waals surface area (Å²) in [7, 11) is 1.52. The largest absolute Gasteiger partial charge is 0.497 e. The Morgan fingerprint density at radius 3 is 2.63 bits per heavy atom. The number of nitrogens with zero attached hydrogens (tertiary/aromatic N) is 3. The van der Waals surface area contributed by atoms with Gasteiger partial charge >= 0.3 is 6.18 Å². The van der Waals surface area contributed by atoms with Gasteiger partial charge < -0.3 is 15.4 Å². The molecule has 2 aromatic heterocycles. The summed E-state index contributed by atoms with van der Waals surface area (Å²) in [6.45, 7) is 0. The molecule has 7 nitrogen and oxygen atoms in total. The zero-order valence-electron chi connectivity index (χ0n) is 15.8. The van der Waals surface area contributed by atoms with E-state index < -0.39 is 24.2 Å². The van der Waals surface area contributed by atoms with Crippen molar-refractivity contribution in [2.24, 2.45) is 0 Å². The molecular weight excluding hydrogens is 399 g/mol. The Labute approximate surface area is 169 Å². The van der Waals surface area contributed by atoms with Crippen LogP contribution in [0.15, 0.2) is 54.7 Å². The highest BCUT2D eigenvalue weighted by Crippen LogP contribution is 2.43. The predicted molar refractivity (Wildman–Crippen MR) is 103 cm³/mol. The standard InChI is InChI=1S/C20H18F3N5O2/c1-30-13-7-5-12(6-8-13)14-10-16(20(21,22)23)28-18(25-14)11-15(27-28)19(29)26-17-4-2-3-9-24-17/h2-9,11,14,16,25H,10H2,1H3,(H,24,26,29). The minimum absolute atomic E-state index is 0.121. The number of halogens is 3. The number of anilines is 2. The first-order valence-corrected chi connectivity index (χ1v) is 9.14. The van der Waals surface area contributed by atoms with E-state index in [0.717, 1.165) is 4.68 Å². The topological polar surface area (TPSA) is 81.1 Å². The molecule has 0 spiro atoms. The average molecular weight is 417 g/mol. The average Bonchev–Trinajstić information content (AvgIpc) is 3.17. The summed E-state index contributed by atoms with van der Waals surface area (Å²) in [5.74, 6) is 0.375. The molecule has 0 aliphatic carbocycles. The van der Waals surface area contributed by atoms with Crippen molar-refractivity contribution in [1.29, 1.82) is 0 Å².